The number of nitrogens with one attached hydrogen (secondary N) is 1. The van der Waals surface area contributed by atoms with Crippen molar-refractivity contribution >= 4 is 40.4 Å². The Balaban J connectivity index is 1.74. The number of carbonyl (C=O) groups excluding carboxylic acids is 2. The maximum atomic E-state index is 12.7. The lowest BCUT2D eigenvalue weighted by molar-refractivity contribution is -0.153. The summed E-state index contributed by atoms with van der Waals surface area (Å²) >= 11 is 7.63. The molecule has 2 heterocycles. The van der Waals surface area contributed by atoms with Gasteiger partial charge in [-0.15, -0.1) is 11.3 Å². The van der Waals surface area contributed by atoms with Gasteiger partial charge < -0.3 is 19.7 Å². The highest BCUT2D eigenvalue weighted by Gasteiger charge is 2.34. The van der Waals surface area contributed by atoms with E-state index in [0.29, 0.717) is 23.0 Å². The van der Waals surface area contributed by atoms with Crippen LogP contribution < -0.4 is 10.1 Å². The first kappa shape index (κ1) is 17.7. The molecule has 8 heteroatoms. The van der Waals surface area contributed by atoms with E-state index in [1.807, 2.05) is 17.5 Å². The molecule has 1 atom stereocenters. The highest BCUT2D eigenvalue weighted by atomic mass is 35.5. The maximum absolute atomic E-state index is 12.7. The average molecular weight is 381 g/mol. The number of methoxy groups -OCH3 is 1. The first-order chi connectivity index (χ1) is 12.1. The van der Waals surface area contributed by atoms with Gasteiger partial charge in [-0.25, -0.2) is 0 Å². The van der Waals surface area contributed by atoms with Crippen LogP contribution >= 0.6 is 22.9 Å². The molecular formula is C17H17ClN2O4S. The highest BCUT2D eigenvalue weighted by Crippen LogP contribution is 2.27. The molecule has 0 aliphatic carbocycles. The summed E-state index contributed by atoms with van der Waals surface area (Å²) in [7, 11) is 1.52. The van der Waals surface area contributed by atoms with Crippen molar-refractivity contribution in [2.24, 2.45) is 0 Å². The molecule has 0 unspecified atom stereocenters. The minimum absolute atomic E-state index is 0.0104. The van der Waals surface area contributed by atoms with E-state index in [9.17, 15) is 9.59 Å². The lowest BCUT2D eigenvalue weighted by Crippen LogP contribution is -2.54. The summed E-state index contributed by atoms with van der Waals surface area (Å²) in [6, 6.07) is 8.13. The molecule has 1 saturated heterocycles. The Morgan fingerprint density at radius 2 is 2.32 bits per heavy atom. The molecule has 0 radical (unpaired) electrons. The lowest BCUT2D eigenvalue weighted by Gasteiger charge is -2.34. The van der Waals surface area contributed by atoms with Crippen LogP contribution in [0.25, 0.3) is 0 Å². The SMILES string of the molecule is COc1ccc(NC(=O)[C@H]2COCC(=O)N2Cc2cccs2)cc1Cl. The predicted octanol–water partition coefficient (Wildman–Crippen LogP) is 2.78. The van der Waals surface area contributed by atoms with Gasteiger partial charge in [-0.3, -0.25) is 9.59 Å². The molecule has 3 rings (SSSR count). The van der Waals surface area contributed by atoms with E-state index in [1.165, 1.54) is 7.11 Å². The Morgan fingerprint density at radius 3 is 3.00 bits per heavy atom. The Labute approximate surface area is 154 Å². The van der Waals surface area contributed by atoms with E-state index < -0.39 is 6.04 Å². The van der Waals surface area contributed by atoms with Crippen LogP contribution in [0.2, 0.25) is 5.02 Å². The standard InChI is InChI=1S/C17H17ClN2O4S/c1-23-15-5-4-11(7-13(15)18)19-17(22)14-9-24-10-16(21)20(14)8-12-3-2-6-25-12/h2-7,14H,8-10H2,1H3,(H,19,22)/t14-/m1/s1. The fourth-order valence-corrected chi connectivity index (χ4v) is 3.52. The van der Waals surface area contributed by atoms with E-state index in [1.54, 1.807) is 34.4 Å². The molecule has 0 bridgehead atoms. The van der Waals surface area contributed by atoms with E-state index in [-0.39, 0.29) is 25.0 Å². The zero-order valence-electron chi connectivity index (χ0n) is 13.5. The number of ether oxygens (including phenoxy) is 2. The molecule has 1 aromatic carbocycles. The summed E-state index contributed by atoms with van der Waals surface area (Å²) in [5, 5.41) is 5.12. The smallest absolute Gasteiger partial charge is 0.249 e. The molecule has 2 aromatic rings. The molecule has 1 aliphatic rings. The summed E-state index contributed by atoms with van der Waals surface area (Å²) in [4.78, 5) is 27.4. The second kappa shape index (κ2) is 7.86. The van der Waals surface area contributed by atoms with Gasteiger partial charge >= 0.3 is 0 Å². The molecule has 25 heavy (non-hydrogen) atoms. The minimum Gasteiger partial charge on any atom is -0.495 e. The van der Waals surface area contributed by atoms with Crippen molar-refractivity contribution in [1.82, 2.24) is 4.90 Å². The number of hydrogen-bond donors (Lipinski definition) is 1. The van der Waals surface area contributed by atoms with Gasteiger partial charge in [0.15, 0.2) is 0 Å². The number of carbonyl (C=O) groups is 2. The Kier molecular flexibility index (Phi) is 5.57. The third kappa shape index (κ3) is 4.12. The molecule has 0 saturated carbocycles. The van der Waals surface area contributed by atoms with Gasteiger partial charge in [0.1, 0.15) is 18.4 Å². The van der Waals surface area contributed by atoms with Crippen LogP contribution in [0.1, 0.15) is 4.88 Å². The number of amides is 2. The van der Waals surface area contributed by atoms with Gasteiger partial charge in [-0.1, -0.05) is 17.7 Å². The Bertz CT molecular complexity index is 766. The van der Waals surface area contributed by atoms with Crippen LogP contribution in [0.3, 0.4) is 0 Å². The molecule has 0 spiro atoms. The molecule has 1 aliphatic heterocycles. The Hall–Kier alpha value is -2.09. The van der Waals surface area contributed by atoms with Gasteiger partial charge in [-0.05, 0) is 29.6 Å². The number of anilines is 1. The summed E-state index contributed by atoms with van der Waals surface area (Å²) in [5.41, 5.74) is 0.532. The molecule has 2 amide bonds. The van der Waals surface area contributed by atoms with Crippen molar-refractivity contribution in [3.05, 3.63) is 45.6 Å². The number of nitrogens with zero attached hydrogens (tertiary/aromatic N) is 1. The molecule has 1 aromatic heterocycles. The summed E-state index contributed by atoms with van der Waals surface area (Å²) < 4.78 is 10.4. The quantitative estimate of drug-likeness (QED) is 0.866. The van der Waals surface area contributed by atoms with E-state index in [4.69, 9.17) is 21.1 Å². The molecule has 132 valence electrons. The zero-order valence-corrected chi connectivity index (χ0v) is 15.1. The number of morpholine rings is 1. The van der Waals surface area contributed by atoms with Gasteiger partial charge in [0, 0.05) is 10.6 Å². The second-order valence-corrected chi connectivity index (χ2v) is 6.91. The van der Waals surface area contributed by atoms with Crippen LogP contribution in [0.4, 0.5) is 5.69 Å². The average Bonchev–Trinajstić information content (AvgIpc) is 3.10. The molecule has 1 N–H and O–H groups in total. The predicted molar refractivity (Wildman–Crippen MR) is 96.1 cm³/mol. The largest absolute Gasteiger partial charge is 0.495 e. The molecule has 6 nitrogen and oxygen atoms in total. The lowest BCUT2D eigenvalue weighted by atomic mass is 10.2. The normalized spacial score (nSPS) is 17.4. The summed E-state index contributed by atoms with van der Waals surface area (Å²) in [5.74, 6) is 0.00793. The first-order valence-electron chi connectivity index (χ1n) is 7.62. The number of halogens is 1. The number of thiophene rings is 1. The fraction of sp³-hybridized carbons (Fsp3) is 0.294. The molecular weight excluding hydrogens is 364 g/mol. The van der Waals surface area contributed by atoms with Crippen LogP contribution in [0, 0.1) is 0 Å². The summed E-state index contributed by atoms with van der Waals surface area (Å²) in [6.45, 7) is 0.539. The van der Waals surface area contributed by atoms with E-state index in [2.05, 4.69) is 5.32 Å². The monoisotopic (exact) mass is 380 g/mol. The van der Waals surface area contributed by atoms with Crippen LogP contribution in [-0.2, 0) is 20.9 Å². The van der Waals surface area contributed by atoms with Crippen molar-refractivity contribution in [2.75, 3.05) is 25.6 Å². The van der Waals surface area contributed by atoms with Crippen LogP contribution in [0.5, 0.6) is 5.75 Å². The van der Waals surface area contributed by atoms with Crippen molar-refractivity contribution < 1.29 is 19.1 Å². The van der Waals surface area contributed by atoms with Crippen molar-refractivity contribution in [2.45, 2.75) is 12.6 Å². The van der Waals surface area contributed by atoms with Crippen molar-refractivity contribution in [3.8, 4) is 5.75 Å². The first-order valence-corrected chi connectivity index (χ1v) is 8.88. The maximum Gasteiger partial charge on any atom is 0.249 e. The molecule has 1 fully saturated rings. The number of rotatable bonds is 5. The third-order valence-electron chi connectivity index (χ3n) is 3.83. The Morgan fingerprint density at radius 1 is 1.48 bits per heavy atom. The number of benzene rings is 1. The van der Waals surface area contributed by atoms with Gasteiger partial charge in [-0.2, -0.15) is 0 Å². The third-order valence-corrected chi connectivity index (χ3v) is 4.98. The topological polar surface area (TPSA) is 67.9 Å². The van der Waals surface area contributed by atoms with Crippen LogP contribution in [0.15, 0.2) is 35.7 Å². The summed E-state index contributed by atoms with van der Waals surface area (Å²) in [6.07, 6.45) is 0. The van der Waals surface area contributed by atoms with Gasteiger partial charge in [0.2, 0.25) is 11.8 Å². The minimum atomic E-state index is -0.691. The van der Waals surface area contributed by atoms with Crippen LogP contribution in [-0.4, -0.2) is 43.1 Å². The van der Waals surface area contributed by atoms with Crippen molar-refractivity contribution in [3.63, 3.8) is 0 Å². The van der Waals surface area contributed by atoms with Gasteiger partial charge in [0.05, 0.1) is 25.3 Å². The van der Waals surface area contributed by atoms with E-state index in [0.717, 1.165) is 4.88 Å². The number of hydrogen-bond acceptors (Lipinski definition) is 5. The van der Waals surface area contributed by atoms with Crippen molar-refractivity contribution in [1.29, 1.82) is 0 Å². The highest BCUT2D eigenvalue weighted by molar-refractivity contribution is 7.09. The van der Waals surface area contributed by atoms with E-state index >= 15 is 0 Å². The zero-order chi connectivity index (χ0) is 17.8. The second-order valence-electron chi connectivity index (χ2n) is 5.47. The fourth-order valence-electron chi connectivity index (χ4n) is 2.56. The van der Waals surface area contributed by atoms with Gasteiger partial charge in [0.25, 0.3) is 0 Å².